The van der Waals surface area contributed by atoms with Crippen LogP contribution in [0.2, 0.25) is 0 Å². The molecule has 0 aliphatic rings. The molecular weight excluding hydrogens is 412 g/mol. The van der Waals surface area contributed by atoms with Crippen LogP contribution in [-0.4, -0.2) is 38.4 Å². The molecule has 3 aromatic rings. The molecule has 5 N–H and O–H groups in total. The molecule has 3 rings (SSSR count). The second-order valence-electron chi connectivity index (χ2n) is 7.58. The number of nitrogens with one attached hydrogen (secondary N) is 1. The van der Waals surface area contributed by atoms with Crippen molar-refractivity contribution in [3.8, 4) is 16.9 Å². The van der Waals surface area contributed by atoms with Gasteiger partial charge in [-0.3, -0.25) is 14.4 Å². The van der Waals surface area contributed by atoms with Crippen LogP contribution in [-0.2, 0) is 11.3 Å². The Morgan fingerprint density at radius 3 is 2.41 bits per heavy atom. The molecule has 0 saturated carbocycles. The molecule has 1 amide bonds. The summed E-state index contributed by atoms with van der Waals surface area (Å²) in [7, 11) is 0. The van der Waals surface area contributed by atoms with Crippen molar-refractivity contribution in [3.63, 3.8) is 0 Å². The van der Waals surface area contributed by atoms with Gasteiger partial charge in [-0.15, -0.1) is 0 Å². The summed E-state index contributed by atoms with van der Waals surface area (Å²) in [4.78, 5) is 36.4. The summed E-state index contributed by atoms with van der Waals surface area (Å²) in [5.41, 5.74) is 7.74. The number of aliphatic carboxylic acids is 1. The van der Waals surface area contributed by atoms with Crippen LogP contribution in [0.1, 0.15) is 41.4 Å². The van der Waals surface area contributed by atoms with Gasteiger partial charge in [0.15, 0.2) is 5.75 Å². The SMILES string of the molecule is CC(C)c1nn(Cc2ccccc2-c2ccc(N)cc2)c(=O)c(C(=O)NCC(=O)O)c1O. The number of aromatic hydroxyl groups is 1. The van der Waals surface area contributed by atoms with E-state index < -0.39 is 35.3 Å². The van der Waals surface area contributed by atoms with Crippen molar-refractivity contribution >= 4 is 17.6 Å². The summed E-state index contributed by atoms with van der Waals surface area (Å²) in [5.74, 6) is -3.08. The molecule has 2 aromatic carbocycles. The van der Waals surface area contributed by atoms with Crippen molar-refractivity contribution in [1.29, 1.82) is 0 Å². The highest BCUT2D eigenvalue weighted by Crippen LogP contribution is 2.27. The Morgan fingerprint density at radius 2 is 1.78 bits per heavy atom. The summed E-state index contributed by atoms with van der Waals surface area (Å²) in [6.07, 6.45) is 0. The Balaban J connectivity index is 2.10. The van der Waals surface area contributed by atoms with Gasteiger partial charge in [-0.2, -0.15) is 5.10 Å². The first-order valence-corrected chi connectivity index (χ1v) is 9.96. The molecule has 0 aliphatic carbocycles. The summed E-state index contributed by atoms with van der Waals surface area (Å²) in [5, 5.41) is 25.8. The summed E-state index contributed by atoms with van der Waals surface area (Å²) < 4.78 is 1.11. The second kappa shape index (κ2) is 9.34. The number of carbonyl (C=O) groups is 2. The Bertz CT molecular complexity index is 1220. The highest BCUT2D eigenvalue weighted by atomic mass is 16.4. The van der Waals surface area contributed by atoms with Gasteiger partial charge in [0.1, 0.15) is 17.8 Å². The number of aromatic nitrogens is 2. The van der Waals surface area contributed by atoms with Crippen molar-refractivity contribution in [3.05, 3.63) is 75.7 Å². The number of hydrogen-bond donors (Lipinski definition) is 4. The highest BCUT2D eigenvalue weighted by Gasteiger charge is 2.25. The van der Waals surface area contributed by atoms with Crippen LogP contribution < -0.4 is 16.6 Å². The standard InChI is InChI=1S/C23H24N4O5/c1-13(2)20-21(30)19(22(31)25-11-18(28)29)23(32)27(26-20)12-15-5-3-4-6-17(15)14-7-9-16(24)10-8-14/h3-10,13,30H,11-12,24H2,1-2H3,(H,25,31)(H,28,29). The summed E-state index contributed by atoms with van der Waals surface area (Å²) >= 11 is 0. The third kappa shape index (κ3) is 4.77. The highest BCUT2D eigenvalue weighted by molar-refractivity contribution is 5.98. The number of nitrogens with two attached hydrogens (primary N) is 1. The molecule has 0 aliphatic heterocycles. The number of amides is 1. The number of nitrogen functional groups attached to an aromatic ring is 1. The largest absolute Gasteiger partial charge is 0.505 e. The molecule has 0 saturated heterocycles. The average molecular weight is 436 g/mol. The van der Waals surface area contributed by atoms with E-state index in [4.69, 9.17) is 10.8 Å². The van der Waals surface area contributed by atoms with E-state index in [2.05, 4.69) is 10.4 Å². The number of carboxylic acids is 1. The first-order chi connectivity index (χ1) is 15.2. The summed E-state index contributed by atoms with van der Waals surface area (Å²) in [6.45, 7) is 2.88. The second-order valence-corrected chi connectivity index (χ2v) is 7.58. The van der Waals surface area contributed by atoms with Gasteiger partial charge in [0.2, 0.25) is 0 Å². The number of hydrogen-bond acceptors (Lipinski definition) is 6. The molecule has 1 aromatic heterocycles. The van der Waals surface area contributed by atoms with Gasteiger partial charge < -0.3 is 21.3 Å². The number of anilines is 1. The Kier molecular flexibility index (Phi) is 6.58. The van der Waals surface area contributed by atoms with Crippen LogP contribution in [0.25, 0.3) is 11.1 Å². The van der Waals surface area contributed by atoms with Crippen molar-refractivity contribution in [2.45, 2.75) is 26.3 Å². The third-order valence-electron chi connectivity index (χ3n) is 4.89. The molecule has 9 nitrogen and oxygen atoms in total. The van der Waals surface area contributed by atoms with Gasteiger partial charge in [0, 0.05) is 11.6 Å². The molecule has 9 heteroatoms. The van der Waals surface area contributed by atoms with Crippen LogP contribution in [0.4, 0.5) is 5.69 Å². The van der Waals surface area contributed by atoms with Gasteiger partial charge in [-0.25, -0.2) is 4.68 Å². The lowest BCUT2D eigenvalue weighted by molar-refractivity contribution is -0.135. The zero-order valence-electron chi connectivity index (χ0n) is 17.7. The lowest BCUT2D eigenvalue weighted by Crippen LogP contribution is -2.37. The number of carbonyl (C=O) groups excluding carboxylic acids is 1. The van der Waals surface area contributed by atoms with Gasteiger partial charge in [0.05, 0.1) is 6.54 Å². The van der Waals surface area contributed by atoms with E-state index in [0.29, 0.717) is 5.69 Å². The number of nitrogens with zero attached hydrogens (tertiary/aromatic N) is 2. The first kappa shape index (κ1) is 22.5. The van der Waals surface area contributed by atoms with E-state index in [9.17, 15) is 19.5 Å². The van der Waals surface area contributed by atoms with Crippen molar-refractivity contribution in [2.75, 3.05) is 12.3 Å². The summed E-state index contributed by atoms with van der Waals surface area (Å²) in [6, 6.07) is 14.7. The smallest absolute Gasteiger partial charge is 0.322 e. The van der Waals surface area contributed by atoms with Crippen molar-refractivity contribution in [1.82, 2.24) is 15.1 Å². The quantitative estimate of drug-likeness (QED) is 0.415. The van der Waals surface area contributed by atoms with Gasteiger partial charge in [0.25, 0.3) is 11.5 Å². The molecule has 0 fully saturated rings. The Hall–Kier alpha value is -4.14. The topological polar surface area (TPSA) is 148 Å². The van der Waals surface area contributed by atoms with Gasteiger partial charge in [-0.1, -0.05) is 50.2 Å². The molecule has 0 unspecified atom stereocenters. The predicted molar refractivity (Wildman–Crippen MR) is 120 cm³/mol. The number of carboxylic acid groups (broad SMARTS) is 1. The third-order valence-corrected chi connectivity index (χ3v) is 4.89. The zero-order valence-corrected chi connectivity index (χ0v) is 17.7. The normalized spacial score (nSPS) is 10.8. The molecule has 0 bridgehead atoms. The average Bonchev–Trinajstić information content (AvgIpc) is 2.75. The first-order valence-electron chi connectivity index (χ1n) is 9.96. The van der Waals surface area contributed by atoms with E-state index in [0.717, 1.165) is 21.4 Å². The minimum atomic E-state index is -1.27. The van der Waals surface area contributed by atoms with Gasteiger partial charge >= 0.3 is 5.97 Å². The van der Waals surface area contributed by atoms with Crippen molar-refractivity contribution in [2.24, 2.45) is 0 Å². The van der Waals surface area contributed by atoms with Gasteiger partial charge in [-0.05, 0) is 28.8 Å². The maximum absolute atomic E-state index is 13.1. The molecule has 1 heterocycles. The molecule has 32 heavy (non-hydrogen) atoms. The zero-order chi connectivity index (χ0) is 23.4. The van der Waals surface area contributed by atoms with E-state index in [1.807, 2.05) is 36.4 Å². The monoisotopic (exact) mass is 436 g/mol. The maximum Gasteiger partial charge on any atom is 0.322 e. The van der Waals surface area contributed by atoms with E-state index in [1.165, 1.54) is 0 Å². The lowest BCUT2D eigenvalue weighted by atomic mass is 9.99. The van der Waals surface area contributed by atoms with Crippen LogP contribution in [0.3, 0.4) is 0 Å². The number of rotatable bonds is 7. The fourth-order valence-electron chi connectivity index (χ4n) is 3.29. The van der Waals surface area contributed by atoms with Crippen LogP contribution in [0, 0.1) is 0 Å². The maximum atomic E-state index is 13.1. The molecule has 166 valence electrons. The van der Waals surface area contributed by atoms with Crippen LogP contribution >= 0.6 is 0 Å². The fourth-order valence-corrected chi connectivity index (χ4v) is 3.29. The van der Waals surface area contributed by atoms with Crippen LogP contribution in [0.15, 0.2) is 53.3 Å². The van der Waals surface area contributed by atoms with E-state index >= 15 is 0 Å². The lowest BCUT2D eigenvalue weighted by Gasteiger charge is -2.16. The Labute approximate surface area is 184 Å². The molecule has 0 atom stereocenters. The van der Waals surface area contributed by atoms with Crippen molar-refractivity contribution < 1.29 is 19.8 Å². The van der Waals surface area contributed by atoms with E-state index in [-0.39, 0.29) is 18.2 Å². The fraction of sp³-hybridized carbons (Fsp3) is 0.217. The number of benzene rings is 2. The minimum absolute atomic E-state index is 0.0403. The minimum Gasteiger partial charge on any atom is -0.505 e. The Morgan fingerprint density at radius 1 is 1.12 bits per heavy atom. The van der Waals surface area contributed by atoms with E-state index in [1.54, 1.807) is 26.0 Å². The molecule has 0 radical (unpaired) electrons. The molecular formula is C23H24N4O5. The van der Waals surface area contributed by atoms with Crippen LogP contribution in [0.5, 0.6) is 5.75 Å². The molecule has 0 spiro atoms. The predicted octanol–water partition coefficient (Wildman–Crippen LogP) is 2.18.